The van der Waals surface area contributed by atoms with Crippen molar-refractivity contribution in [2.45, 2.75) is 38.6 Å². The fourth-order valence-electron chi connectivity index (χ4n) is 2.89. The molecule has 0 spiro atoms. The van der Waals surface area contributed by atoms with Crippen LogP contribution in [0.3, 0.4) is 0 Å². The van der Waals surface area contributed by atoms with E-state index in [0.717, 1.165) is 11.8 Å². The quantitative estimate of drug-likeness (QED) is 0.763. The first-order valence-electron chi connectivity index (χ1n) is 7.34. The van der Waals surface area contributed by atoms with Gasteiger partial charge in [-0.3, -0.25) is 10.2 Å². The summed E-state index contributed by atoms with van der Waals surface area (Å²) in [6.45, 7) is 2.21. The van der Waals surface area contributed by atoms with Gasteiger partial charge in [0.25, 0.3) is 5.91 Å². The van der Waals surface area contributed by atoms with Gasteiger partial charge in [0.2, 0.25) is 0 Å². The number of carbonyl (C=O) groups excluding carboxylic acids is 1. The summed E-state index contributed by atoms with van der Waals surface area (Å²) in [7, 11) is 0. The highest BCUT2D eigenvalue weighted by atomic mass is 35.5. The molecule has 0 saturated heterocycles. The molecule has 6 heteroatoms. The first kappa shape index (κ1) is 14.4. The summed E-state index contributed by atoms with van der Waals surface area (Å²) in [5.74, 6) is 0.327. The fourth-order valence-corrected chi connectivity index (χ4v) is 3.18. The number of nitrogens with zero attached hydrogens (tertiary/aromatic N) is 1. The Morgan fingerprint density at radius 1 is 1.43 bits per heavy atom. The number of H-pyrrole nitrogens is 1. The number of carbonyl (C=O) groups is 1. The Bertz CT molecular complexity index is 654. The Hall–Kier alpha value is -1.59. The van der Waals surface area contributed by atoms with Crippen molar-refractivity contribution in [3.8, 4) is 0 Å². The van der Waals surface area contributed by atoms with E-state index in [-0.39, 0.29) is 5.91 Å². The number of hydrogen-bond donors (Lipinski definition) is 3. The Labute approximate surface area is 128 Å². The van der Waals surface area contributed by atoms with Crippen LogP contribution in [0.15, 0.2) is 18.5 Å². The highest BCUT2D eigenvalue weighted by molar-refractivity contribution is 6.38. The number of amides is 1. The van der Waals surface area contributed by atoms with E-state index >= 15 is 0 Å². The molecule has 0 unspecified atom stereocenters. The summed E-state index contributed by atoms with van der Waals surface area (Å²) in [6, 6.07) is 2.14. The van der Waals surface area contributed by atoms with Crippen molar-refractivity contribution in [3.63, 3.8) is 0 Å². The number of hydrogen-bond acceptors (Lipinski definition) is 3. The summed E-state index contributed by atoms with van der Waals surface area (Å²) in [4.78, 5) is 19.4. The summed E-state index contributed by atoms with van der Waals surface area (Å²) in [5.41, 5.74) is 6.99. The molecule has 3 N–H and O–H groups in total. The zero-order valence-electron chi connectivity index (χ0n) is 11.9. The van der Waals surface area contributed by atoms with E-state index in [1.165, 1.54) is 25.5 Å². The summed E-state index contributed by atoms with van der Waals surface area (Å²) in [6.07, 6.45) is 8.02. The molecule has 2 atom stereocenters. The van der Waals surface area contributed by atoms with E-state index in [2.05, 4.69) is 27.7 Å². The van der Waals surface area contributed by atoms with Crippen LogP contribution in [0.25, 0.3) is 11.0 Å². The average molecular weight is 307 g/mol. The molecule has 21 heavy (non-hydrogen) atoms. The number of hydrazine groups is 1. The van der Waals surface area contributed by atoms with Gasteiger partial charge in [-0.05, 0) is 24.8 Å². The lowest BCUT2D eigenvalue weighted by atomic mass is 9.86. The second-order valence-corrected chi connectivity index (χ2v) is 6.07. The highest BCUT2D eigenvalue weighted by Gasteiger charge is 2.22. The van der Waals surface area contributed by atoms with Gasteiger partial charge in [0.05, 0.1) is 10.6 Å². The Morgan fingerprint density at radius 2 is 2.24 bits per heavy atom. The number of aromatic amines is 1. The van der Waals surface area contributed by atoms with Gasteiger partial charge in [0.15, 0.2) is 0 Å². The van der Waals surface area contributed by atoms with Crippen molar-refractivity contribution in [2.75, 3.05) is 0 Å². The van der Waals surface area contributed by atoms with Gasteiger partial charge in [-0.15, -0.1) is 0 Å². The van der Waals surface area contributed by atoms with Crippen molar-refractivity contribution >= 4 is 28.5 Å². The molecule has 2 aromatic rings. The molecule has 1 amide bonds. The maximum absolute atomic E-state index is 12.3. The van der Waals surface area contributed by atoms with Crippen molar-refractivity contribution in [1.82, 2.24) is 20.8 Å². The molecule has 1 saturated carbocycles. The van der Waals surface area contributed by atoms with Crippen LogP contribution in [-0.2, 0) is 0 Å². The third-order valence-electron chi connectivity index (χ3n) is 4.25. The first-order valence-corrected chi connectivity index (χ1v) is 7.72. The molecule has 0 bridgehead atoms. The SMILES string of the molecule is C[C@@H]1CCCC[C@@H]1NNC(=O)c1cnc2[nH]ccc2c1Cl. The first-order chi connectivity index (χ1) is 10.2. The zero-order chi connectivity index (χ0) is 14.8. The fraction of sp³-hybridized carbons (Fsp3) is 0.467. The summed E-state index contributed by atoms with van der Waals surface area (Å²) >= 11 is 6.28. The number of pyridine rings is 1. The number of aromatic nitrogens is 2. The smallest absolute Gasteiger partial charge is 0.268 e. The minimum absolute atomic E-state index is 0.242. The summed E-state index contributed by atoms with van der Waals surface area (Å²) < 4.78 is 0. The van der Waals surface area contributed by atoms with Crippen molar-refractivity contribution in [1.29, 1.82) is 0 Å². The van der Waals surface area contributed by atoms with Crippen LogP contribution < -0.4 is 10.9 Å². The molecule has 0 radical (unpaired) electrons. The second-order valence-electron chi connectivity index (χ2n) is 5.69. The van der Waals surface area contributed by atoms with Gasteiger partial charge in [-0.25, -0.2) is 10.4 Å². The molecule has 1 aliphatic rings. The van der Waals surface area contributed by atoms with Gasteiger partial charge in [-0.2, -0.15) is 0 Å². The predicted octanol–water partition coefficient (Wildman–Crippen LogP) is 3.03. The molecule has 2 heterocycles. The normalized spacial score (nSPS) is 22.4. The minimum Gasteiger partial charge on any atom is -0.346 e. The molecule has 1 aliphatic carbocycles. The molecule has 1 fully saturated rings. The highest BCUT2D eigenvalue weighted by Crippen LogP contribution is 2.25. The zero-order valence-corrected chi connectivity index (χ0v) is 12.7. The maximum Gasteiger partial charge on any atom is 0.268 e. The molecule has 5 nitrogen and oxygen atoms in total. The van der Waals surface area contributed by atoms with E-state index < -0.39 is 0 Å². The van der Waals surface area contributed by atoms with E-state index in [1.807, 2.05) is 6.07 Å². The van der Waals surface area contributed by atoms with E-state index in [1.54, 1.807) is 6.20 Å². The largest absolute Gasteiger partial charge is 0.346 e. The van der Waals surface area contributed by atoms with Crippen LogP contribution in [0.2, 0.25) is 5.02 Å². The van der Waals surface area contributed by atoms with Crippen molar-refractivity contribution < 1.29 is 4.79 Å². The van der Waals surface area contributed by atoms with Crippen LogP contribution in [0, 0.1) is 5.92 Å². The minimum atomic E-state index is -0.242. The van der Waals surface area contributed by atoms with Gasteiger partial charge in [0.1, 0.15) is 5.65 Å². The topological polar surface area (TPSA) is 69.8 Å². The van der Waals surface area contributed by atoms with Crippen LogP contribution in [0.4, 0.5) is 0 Å². The Morgan fingerprint density at radius 3 is 3.05 bits per heavy atom. The van der Waals surface area contributed by atoms with Crippen LogP contribution in [0.1, 0.15) is 43.0 Å². The standard InChI is InChI=1S/C15H19ClN4O/c1-9-4-2-3-5-12(9)19-20-15(21)11-8-18-14-10(13(11)16)6-7-17-14/h6-9,12,19H,2-5H2,1H3,(H,17,18)(H,20,21)/t9-,12+/m1/s1. The Balaban J connectivity index is 1.70. The summed E-state index contributed by atoms with van der Waals surface area (Å²) in [5, 5.41) is 1.19. The predicted molar refractivity (Wildman–Crippen MR) is 83.1 cm³/mol. The van der Waals surface area contributed by atoms with Crippen LogP contribution in [0.5, 0.6) is 0 Å². The number of halogens is 1. The van der Waals surface area contributed by atoms with Gasteiger partial charge >= 0.3 is 0 Å². The third kappa shape index (κ3) is 2.89. The average Bonchev–Trinajstić information content (AvgIpc) is 2.96. The molecule has 3 rings (SSSR count). The van der Waals surface area contributed by atoms with Crippen molar-refractivity contribution in [3.05, 3.63) is 29.0 Å². The van der Waals surface area contributed by atoms with E-state index in [9.17, 15) is 4.79 Å². The van der Waals surface area contributed by atoms with E-state index in [0.29, 0.717) is 28.2 Å². The van der Waals surface area contributed by atoms with Gasteiger partial charge in [0, 0.05) is 23.8 Å². The van der Waals surface area contributed by atoms with Crippen molar-refractivity contribution in [2.24, 2.45) is 5.92 Å². The number of fused-ring (bicyclic) bond motifs is 1. The van der Waals surface area contributed by atoms with Crippen LogP contribution >= 0.6 is 11.6 Å². The van der Waals surface area contributed by atoms with Crippen LogP contribution in [-0.4, -0.2) is 21.9 Å². The monoisotopic (exact) mass is 306 g/mol. The molecular formula is C15H19ClN4O. The van der Waals surface area contributed by atoms with Gasteiger partial charge < -0.3 is 4.98 Å². The second kappa shape index (κ2) is 6.03. The molecule has 0 aromatic carbocycles. The third-order valence-corrected chi connectivity index (χ3v) is 4.66. The number of rotatable bonds is 3. The lowest BCUT2D eigenvalue weighted by Gasteiger charge is -2.29. The molecular weight excluding hydrogens is 288 g/mol. The molecule has 0 aliphatic heterocycles. The lowest BCUT2D eigenvalue weighted by Crippen LogP contribution is -2.48. The maximum atomic E-state index is 12.3. The molecule has 2 aromatic heterocycles. The Kier molecular flexibility index (Phi) is 4.12. The number of nitrogens with one attached hydrogen (secondary N) is 3. The van der Waals surface area contributed by atoms with E-state index in [4.69, 9.17) is 11.6 Å². The lowest BCUT2D eigenvalue weighted by molar-refractivity contribution is 0.0911. The molecule has 112 valence electrons. The van der Waals surface area contributed by atoms with Gasteiger partial charge in [-0.1, -0.05) is 31.4 Å².